The van der Waals surface area contributed by atoms with Crippen LogP contribution in [0.3, 0.4) is 0 Å². The molecule has 2 heterocycles. The molecule has 0 bridgehead atoms. The monoisotopic (exact) mass is 226 g/mol. The maximum atomic E-state index is 5.70. The second kappa shape index (κ2) is 5.99. The highest BCUT2D eigenvalue weighted by atomic mass is 16.5. The minimum Gasteiger partial charge on any atom is -0.378 e. The van der Waals surface area contributed by atoms with Crippen LogP contribution in [-0.2, 0) is 4.74 Å². The van der Waals surface area contributed by atoms with Crippen molar-refractivity contribution in [3.63, 3.8) is 0 Å². The summed E-state index contributed by atoms with van der Waals surface area (Å²) in [5.74, 6) is 1.57. The van der Waals surface area contributed by atoms with E-state index in [9.17, 15) is 0 Å². The van der Waals surface area contributed by atoms with Crippen molar-refractivity contribution in [1.29, 1.82) is 0 Å². The highest BCUT2D eigenvalue weighted by Crippen LogP contribution is 2.22. The minimum atomic E-state index is 0.501. The zero-order chi connectivity index (χ0) is 11.4. The first-order chi connectivity index (χ1) is 7.81. The summed E-state index contributed by atoms with van der Waals surface area (Å²) >= 11 is 0. The largest absolute Gasteiger partial charge is 0.378 e. The molecule has 0 saturated carbocycles. The van der Waals surface area contributed by atoms with Gasteiger partial charge in [-0.05, 0) is 37.6 Å². The van der Waals surface area contributed by atoms with E-state index in [0.717, 1.165) is 38.0 Å². The summed E-state index contributed by atoms with van der Waals surface area (Å²) in [6.45, 7) is 8.97. The van der Waals surface area contributed by atoms with Gasteiger partial charge in [0.1, 0.15) is 0 Å². The third-order valence-corrected chi connectivity index (χ3v) is 4.21. The van der Waals surface area contributed by atoms with Crippen molar-refractivity contribution < 1.29 is 4.74 Å². The van der Waals surface area contributed by atoms with Crippen LogP contribution in [0, 0.1) is 11.8 Å². The lowest BCUT2D eigenvalue weighted by atomic mass is 9.99. The average Bonchev–Trinajstić information content (AvgIpc) is 2.88. The summed E-state index contributed by atoms with van der Waals surface area (Å²) in [7, 11) is 0. The third kappa shape index (κ3) is 2.96. The first-order valence-corrected chi connectivity index (χ1v) is 6.87. The van der Waals surface area contributed by atoms with Crippen LogP contribution in [0.1, 0.15) is 33.1 Å². The lowest BCUT2D eigenvalue weighted by Crippen LogP contribution is -2.40. The molecule has 2 fully saturated rings. The Bertz CT molecular complexity index is 210. The van der Waals surface area contributed by atoms with E-state index in [1.165, 1.54) is 19.4 Å². The fourth-order valence-electron chi connectivity index (χ4n) is 2.97. The van der Waals surface area contributed by atoms with Crippen LogP contribution < -0.4 is 10.6 Å². The topological polar surface area (TPSA) is 33.3 Å². The van der Waals surface area contributed by atoms with E-state index in [1.807, 2.05) is 0 Å². The van der Waals surface area contributed by atoms with Gasteiger partial charge in [0.2, 0.25) is 0 Å². The molecular weight excluding hydrogens is 200 g/mol. The van der Waals surface area contributed by atoms with E-state index in [4.69, 9.17) is 4.74 Å². The predicted molar refractivity (Wildman–Crippen MR) is 66.6 cm³/mol. The second-order valence-electron chi connectivity index (χ2n) is 5.35. The van der Waals surface area contributed by atoms with Crippen LogP contribution in [0.4, 0.5) is 0 Å². The molecule has 2 aliphatic heterocycles. The Morgan fingerprint density at radius 3 is 2.88 bits per heavy atom. The van der Waals surface area contributed by atoms with Crippen molar-refractivity contribution >= 4 is 0 Å². The average molecular weight is 226 g/mol. The molecule has 2 N–H and O–H groups in total. The lowest BCUT2D eigenvalue weighted by molar-refractivity contribution is 0.0871. The highest BCUT2D eigenvalue weighted by Gasteiger charge is 2.27. The molecule has 4 atom stereocenters. The van der Waals surface area contributed by atoms with Crippen LogP contribution in [0.2, 0.25) is 0 Å². The Balaban J connectivity index is 1.63. The standard InChI is InChI=1S/C13H26N2O/c1-3-13-11(5-7-16-13)8-14-9-12-10(2)4-6-15-12/h10-15H,3-9H2,1-2H3. The molecule has 94 valence electrons. The summed E-state index contributed by atoms with van der Waals surface area (Å²) < 4.78 is 5.70. The Kier molecular flexibility index (Phi) is 4.62. The number of hydrogen-bond donors (Lipinski definition) is 2. The van der Waals surface area contributed by atoms with Crippen molar-refractivity contribution in [1.82, 2.24) is 10.6 Å². The SMILES string of the molecule is CCC1OCCC1CNCC1NCCC1C. The van der Waals surface area contributed by atoms with Crippen molar-refractivity contribution in [3.8, 4) is 0 Å². The highest BCUT2D eigenvalue weighted by molar-refractivity contribution is 4.84. The van der Waals surface area contributed by atoms with Crippen LogP contribution in [0.15, 0.2) is 0 Å². The van der Waals surface area contributed by atoms with Gasteiger partial charge in [-0.2, -0.15) is 0 Å². The van der Waals surface area contributed by atoms with Crippen molar-refractivity contribution in [2.24, 2.45) is 11.8 Å². The second-order valence-corrected chi connectivity index (χ2v) is 5.35. The van der Waals surface area contributed by atoms with E-state index < -0.39 is 0 Å². The summed E-state index contributed by atoms with van der Waals surface area (Å²) in [6, 6.07) is 0.683. The molecule has 0 aromatic rings. The Labute approximate surface area is 99.3 Å². The maximum Gasteiger partial charge on any atom is 0.0613 e. The quantitative estimate of drug-likeness (QED) is 0.743. The fourth-order valence-corrected chi connectivity index (χ4v) is 2.97. The molecule has 2 aliphatic rings. The zero-order valence-electron chi connectivity index (χ0n) is 10.7. The summed E-state index contributed by atoms with van der Waals surface area (Å²) in [5, 5.41) is 7.18. The smallest absolute Gasteiger partial charge is 0.0613 e. The molecule has 4 unspecified atom stereocenters. The fraction of sp³-hybridized carbons (Fsp3) is 1.00. The van der Waals surface area contributed by atoms with Gasteiger partial charge in [0, 0.05) is 25.7 Å². The van der Waals surface area contributed by atoms with Gasteiger partial charge in [-0.1, -0.05) is 13.8 Å². The molecule has 0 amide bonds. The molecule has 16 heavy (non-hydrogen) atoms. The summed E-state index contributed by atoms with van der Waals surface area (Å²) in [4.78, 5) is 0. The zero-order valence-corrected chi connectivity index (χ0v) is 10.7. The number of rotatable bonds is 5. The number of nitrogens with one attached hydrogen (secondary N) is 2. The molecular formula is C13H26N2O. The predicted octanol–water partition coefficient (Wildman–Crippen LogP) is 1.39. The van der Waals surface area contributed by atoms with Gasteiger partial charge in [0.25, 0.3) is 0 Å². The minimum absolute atomic E-state index is 0.501. The molecule has 3 heteroatoms. The van der Waals surface area contributed by atoms with Gasteiger partial charge in [-0.15, -0.1) is 0 Å². The van der Waals surface area contributed by atoms with E-state index >= 15 is 0 Å². The van der Waals surface area contributed by atoms with Gasteiger partial charge in [-0.25, -0.2) is 0 Å². The molecule has 0 spiro atoms. The van der Waals surface area contributed by atoms with Crippen LogP contribution in [0.25, 0.3) is 0 Å². The van der Waals surface area contributed by atoms with Crippen LogP contribution >= 0.6 is 0 Å². The molecule has 2 saturated heterocycles. The third-order valence-electron chi connectivity index (χ3n) is 4.21. The lowest BCUT2D eigenvalue weighted by Gasteiger charge is -2.20. The van der Waals surface area contributed by atoms with Gasteiger partial charge in [0.05, 0.1) is 6.10 Å². The molecule has 0 aromatic heterocycles. The van der Waals surface area contributed by atoms with Gasteiger partial charge < -0.3 is 15.4 Å². The van der Waals surface area contributed by atoms with Crippen LogP contribution in [-0.4, -0.2) is 38.4 Å². The first kappa shape index (κ1) is 12.3. The normalized spacial score (nSPS) is 39.4. The number of ether oxygens (including phenoxy) is 1. The van der Waals surface area contributed by atoms with E-state index in [1.54, 1.807) is 0 Å². The Morgan fingerprint density at radius 1 is 1.31 bits per heavy atom. The molecule has 0 aliphatic carbocycles. The Morgan fingerprint density at radius 2 is 2.19 bits per heavy atom. The van der Waals surface area contributed by atoms with Crippen LogP contribution in [0.5, 0.6) is 0 Å². The van der Waals surface area contributed by atoms with E-state index in [0.29, 0.717) is 12.1 Å². The van der Waals surface area contributed by atoms with Gasteiger partial charge in [0.15, 0.2) is 0 Å². The molecule has 0 aromatic carbocycles. The van der Waals surface area contributed by atoms with Crippen molar-refractivity contribution in [2.75, 3.05) is 26.2 Å². The first-order valence-electron chi connectivity index (χ1n) is 6.87. The molecule has 3 nitrogen and oxygen atoms in total. The summed E-state index contributed by atoms with van der Waals surface area (Å²) in [5.41, 5.74) is 0. The van der Waals surface area contributed by atoms with Crippen molar-refractivity contribution in [2.45, 2.75) is 45.3 Å². The molecule has 0 radical (unpaired) electrons. The van der Waals surface area contributed by atoms with Gasteiger partial charge in [-0.3, -0.25) is 0 Å². The molecule has 2 rings (SSSR count). The number of hydrogen-bond acceptors (Lipinski definition) is 3. The van der Waals surface area contributed by atoms with E-state index in [-0.39, 0.29) is 0 Å². The van der Waals surface area contributed by atoms with E-state index in [2.05, 4.69) is 24.5 Å². The Hall–Kier alpha value is -0.120. The van der Waals surface area contributed by atoms with Gasteiger partial charge >= 0.3 is 0 Å². The van der Waals surface area contributed by atoms with Crippen molar-refractivity contribution in [3.05, 3.63) is 0 Å². The summed E-state index contributed by atoms with van der Waals surface area (Å²) in [6.07, 6.45) is 4.22. The maximum absolute atomic E-state index is 5.70.